The SMILES string of the molecule is COCCC(NC(=O)[C@H]1CCC(=O)N1)C(=O)O. The summed E-state index contributed by atoms with van der Waals surface area (Å²) in [6, 6.07) is -1.60. The maximum Gasteiger partial charge on any atom is 0.326 e. The smallest absolute Gasteiger partial charge is 0.326 e. The Morgan fingerprint density at radius 1 is 1.65 bits per heavy atom. The van der Waals surface area contributed by atoms with E-state index in [0.717, 1.165) is 0 Å². The summed E-state index contributed by atoms with van der Waals surface area (Å²) in [4.78, 5) is 33.4. The number of carbonyl (C=O) groups is 3. The van der Waals surface area contributed by atoms with Gasteiger partial charge in [0.1, 0.15) is 12.1 Å². The number of carbonyl (C=O) groups excluding carboxylic acids is 2. The van der Waals surface area contributed by atoms with Gasteiger partial charge in [0.05, 0.1) is 0 Å². The quantitative estimate of drug-likeness (QED) is 0.548. The van der Waals surface area contributed by atoms with Crippen molar-refractivity contribution in [1.29, 1.82) is 0 Å². The van der Waals surface area contributed by atoms with Gasteiger partial charge in [-0.15, -0.1) is 0 Å². The molecule has 7 nitrogen and oxygen atoms in total. The second-order valence-corrected chi connectivity index (χ2v) is 3.84. The first kappa shape index (κ1) is 13.4. The highest BCUT2D eigenvalue weighted by Crippen LogP contribution is 2.07. The normalized spacial score (nSPS) is 20.8. The molecule has 0 spiro atoms. The van der Waals surface area contributed by atoms with Crippen LogP contribution in [0.25, 0.3) is 0 Å². The zero-order valence-corrected chi connectivity index (χ0v) is 9.56. The van der Waals surface area contributed by atoms with Gasteiger partial charge in [0.2, 0.25) is 11.8 Å². The molecule has 0 bridgehead atoms. The Balaban J connectivity index is 2.46. The average molecular weight is 244 g/mol. The lowest BCUT2D eigenvalue weighted by Gasteiger charge is -2.16. The molecule has 1 fully saturated rings. The van der Waals surface area contributed by atoms with Gasteiger partial charge < -0.3 is 20.5 Å². The van der Waals surface area contributed by atoms with Crippen LogP contribution in [0.1, 0.15) is 19.3 Å². The Kier molecular flexibility index (Phi) is 4.89. The van der Waals surface area contributed by atoms with Gasteiger partial charge in [0.15, 0.2) is 0 Å². The molecule has 17 heavy (non-hydrogen) atoms. The molecule has 7 heteroatoms. The van der Waals surface area contributed by atoms with Crippen molar-refractivity contribution < 1.29 is 24.2 Å². The van der Waals surface area contributed by atoms with Crippen LogP contribution >= 0.6 is 0 Å². The van der Waals surface area contributed by atoms with E-state index in [1.54, 1.807) is 0 Å². The minimum Gasteiger partial charge on any atom is -0.480 e. The van der Waals surface area contributed by atoms with Crippen LogP contribution < -0.4 is 10.6 Å². The van der Waals surface area contributed by atoms with E-state index in [-0.39, 0.29) is 18.9 Å². The van der Waals surface area contributed by atoms with Crippen LogP contribution in [0.5, 0.6) is 0 Å². The van der Waals surface area contributed by atoms with Gasteiger partial charge in [-0.2, -0.15) is 0 Å². The first-order valence-corrected chi connectivity index (χ1v) is 5.36. The third kappa shape index (κ3) is 4.03. The Hall–Kier alpha value is -1.63. The lowest BCUT2D eigenvalue weighted by atomic mass is 10.1. The molecule has 0 aromatic carbocycles. The van der Waals surface area contributed by atoms with Crippen molar-refractivity contribution in [3.05, 3.63) is 0 Å². The summed E-state index contributed by atoms with van der Waals surface area (Å²) < 4.78 is 4.76. The zero-order valence-electron chi connectivity index (χ0n) is 9.56. The van der Waals surface area contributed by atoms with Gasteiger partial charge in [-0.1, -0.05) is 0 Å². The zero-order chi connectivity index (χ0) is 12.8. The predicted molar refractivity (Wildman–Crippen MR) is 57.2 cm³/mol. The van der Waals surface area contributed by atoms with Gasteiger partial charge in [-0.3, -0.25) is 9.59 Å². The Bertz CT molecular complexity index is 318. The molecule has 3 N–H and O–H groups in total. The molecule has 0 aromatic heterocycles. The molecular weight excluding hydrogens is 228 g/mol. The minimum atomic E-state index is -1.11. The summed E-state index contributed by atoms with van der Waals surface area (Å²) >= 11 is 0. The molecule has 0 saturated carbocycles. The fourth-order valence-corrected chi connectivity index (χ4v) is 1.58. The van der Waals surface area contributed by atoms with Crippen molar-refractivity contribution in [3.8, 4) is 0 Å². The van der Waals surface area contributed by atoms with Crippen LogP contribution in [0.2, 0.25) is 0 Å². The van der Waals surface area contributed by atoms with Crippen molar-refractivity contribution in [3.63, 3.8) is 0 Å². The summed E-state index contributed by atoms with van der Waals surface area (Å²) in [5.41, 5.74) is 0. The van der Waals surface area contributed by atoms with Crippen LogP contribution in [0.15, 0.2) is 0 Å². The Labute approximate surface area is 98.5 Å². The van der Waals surface area contributed by atoms with E-state index in [0.29, 0.717) is 12.8 Å². The number of methoxy groups -OCH3 is 1. The fourth-order valence-electron chi connectivity index (χ4n) is 1.58. The molecule has 1 aliphatic heterocycles. The number of amides is 2. The van der Waals surface area contributed by atoms with E-state index in [9.17, 15) is 14.4 Å². The molecule has 1 aliphatic rings. The summed E-state index contributed by atoms with van der Waals surface area (Å²) in [5, 5.41) is 13.7. The third-order valence-electron chi connectivity index (χ3n) is 2.54. The molecule has 2 atom stereocenters. The third-order valence-corrected chi connectivity index (χ3v) is 2.54. The first-order chi connectivity index (χ1) is 8.04. The molecule has 1 saturated heterocycles. The van der Waals surface area contributed by atoms with Crippen molar-refractivity contribution in [1.82, 2.24) is 10.6 Å². The number of hydrogen-bond donors (Lipinski definition) is 3. The first-order valence-electron chi connectivity index (χ1n) is 5.36. The molecule has 96 valence electrons. The maximum atomic E-state index is 11.6. The summed E-state index contributed by atoms with van der Waals surface area (Å²) in [6.45, 7) is 0.244. The lowest BCUT2D eigenvalue weighted by molar-refractivity contribution is -0.142. The van der Waals surface area contributed by atoms with Crippen molar-refractivity contribution in [2.75, 3.05) is 13.7 Å². The summed E-state index contributed by atoms with van der Waals surface area (Å²) in [7, 11) is 1.46. The van der Waals surface area contributed by atoms with E-state index >= 15 is 0 Å². The van der Waals surface area contributed by atoms with Gasteiger partial charge >= 0.3 is 5.97 Å². The van der Waals surface area contributed by atoms with E-state index < -0.39 is 24.0 Å². The molecule has 0 aliphatic carbocycles. The highest BCUT2D eigenvalue weighted by molar-refractivity contribution is 5.92. The van der Waals surface area contributed by atoms with Crippen LogP contribution in [0.3, 0.4) is 0 Å². The molecule has 1 rings (SSSR count). The van der Waals surface area contributed by atoms with Crippen LogP contribution in [-0.4, -0.2) is 48.7 Å². The molecule has 0 aromatic rings. The maximum absolute atomic E-state index is 11.6. The van der Waals surface area contributed by atoms with Crippen molar-refractivity contribution >= 4 is 17.8 Å². The second-order valence-electron chi connectivity index (χ2n) is 3.84. The van der Waals surface area contributed by atoms with E-state index in [1.165, 1.54) is 7.11 Å². The molecule has 1 unspecified atom stereocenters. The number of carboxylic acids is 1. The minimum absolute atomic E-state index is 0.186. The summed E-state index contributed by atoms with van der Waals surface area (Å²) in [6.07, 6.45) is 0.896. The van der Waals surface area contributed by atoms with E-state index in [2.05, 4.69) is 10.6 Å². The second kappa shape index (κ2) is 6.19. The molecule has 2 amide bonds. The van der Waals surface area contributed by atoms with Crippen LogP contribution in [0, 0.1) is 0 Å². The van der Waals surface area contributed by atoms with E-state index in [1.807, 2.05) is 0 Å². The predicted octanol–water partition coefficient (Wildman–Crippen LogP) is -1.13. The van der Waals surface area contributed by atoms with Crippen molar-refractivity contribution in [2.45, 2.75) is 31.3 Å². The fraction of sp³-hybridized carbons (Fsp3) is 0.700. The van der Waals surface area contributed by atoms with Gasteiger partial charge in [0, 0.05) is 26.6 Å². The molecular formula is C10H16N2O5. The lowest BCUT2D eigenvalue weighted by Crippen LogP contribution is -2.49. The Morgan fingerprint density at radius 2 is 2.35 bits per heavy atom. The summed E-state index contributed by atoms with van der Waals surface area (Å²) in [5.74, 6) is -1.76. The highest BCUT2D eigenvalue weighted by Gasteiger charge is 2.30. The van der Waals surface area contributed by atoms with Gasteiger partial charge in [0.25, 0.3) is 0 Å². The topological polar surface area (TPSA) is 105 Å². The Morgan fingerprint density at radius 3 is 2.82 bits per heavy atom. The van der Waals surface area contributed by atoms with Gasteiger partial charge in [-0.25, -0.2) is 4.79 Å². The average Bonchev–Trinajstić information content (AvgIpc) is 2.70. The number of carboxylic acid groups (broad SMARTS) is 1. The van der Waals surface area contributed by atoms with Gasteiger partial charge in [-0.05, 0) is 6.42 Å². The molecule has 0 radical (unpaired) electrons. The number of nitrogens with one attached hydrogen (secondary N) is 2. The van der Waals surface area contributed by atoms with Crippen molar-refractivity contribution in [2.24, 2.45) is 0 Å². The number of hydrogen-bond acceptors (Lipinski definition) is 4. The highest BCUT2D eigenvalue weighted by atomic mass is 16.5. The monoisotopic (exact) mass is 244 g/mol. The number of aliphatic carboxylic acids is 1. The van der Waals surface area contributed by atoms with Crippen LogP contribution in [0.4, 0.5) is 0 Å². The van der Waals surface area contributed by atoms with Crippen LogP contribution in [-0.2, 0) is 19.1 Å². The standard InChI is InChI=1S/C10H16N2O5/c1-17-5-4-7(10(15)16)12-9(14)6-2-3-8(13)11-6/h6-7H,2-5H2,1H3,(H,11,13)(H,12,14)(H,15,16)/t6-,7?/m1/s1. The number of ether oxygens (including phenoxy) is 1. The van der Waals surface area contributed by atoms with E-state index in [4.69, 9.17) is 9.84 Å². The molecule has 1 heterocycles. The number of rotatable bonds is 6. The largest absolute Gasteiger partial charge is 0.480 e.